The van der Waals surface area contributed by atoms with Crippen molar-refractivity contribution >= 4 is 0 Å². The molecule has 0 unspecified atom stereocenters. The van der Waals surface area contributed by atoms with Gasteiger partial charge in [0.05, 0.1) is 6.20 Å². The molecule has 0 aliphatic carbocycles. The maximum absolute atomic E-state index is 5.98. The molecule has 0 radical (unpaired) electrons. The van der Waals surface area contributed by atoms with Crippen molar-refractivity contribution in [3.63, 3.8) is 0 Å². The highest BCUT2D eigenvalue weighted by atomic mass is 16.5. The molecule has 0 saturated carbocycles. The van der Waals surface area contributed by atoms with Crippen LogP contribution < -0.4 is 4.74 Å². The Morgan fingerprint density at radius 2 is 2.13 bits per heavy atom. The highest BCUT2D eigenvalue weighted by Crippen LogP contribution is 2.27. The number of aromatic amines is 1. The quantitative estimate of drug-likeness (QED) is 0.890. The number of benzene rings is 1. The normalized spacial score (nSPS) is 22.2. The Balaban J connectivity index is 1.63. The van der Waals surface area contributed by atoms with E-state index in [1.807, 2.05) is 36.5 Å². The number of aryl methyl sites for hydroxylation is 1. The van der Waals surface area contributed by atoms with Gasteiger partial charge in [-0.05, 0) is 38.4 Å². The van der Waals surface area contributed by atoms with Crippen molar-refractivity contribution < 1.29 is 9.47 Å². The van der Waals surface area contributed by atoms with Gasteiger partial charge in [-0.1, -0.05) is 18.2 Å². The van der Waals surface area contributed by atoms with Crippen molar-refractivity contribution in [1.82, 2.24) is 15.1 Å². The van der Waals surface area contributed by atoms with Crippen LogP contribution in [-0.2, 0) is 11.3 Å². The van der Waals surface area contributed by atoms with Crippen molar-refractivity contribution in [2.45, 2.75) is 31.9 Å². The Kier molecular flexibility index (Phi) is 4.98. The third-order valence-electron chi connectivity index (χ3n) is 4.62. The summed E-state index contributed by atoms with van der Waals surface area (Å²) in [5.74, 6) is 0.895. The lowest BCUT2D eigenvalue weighted by Gasteiger charge is -2.41. The molecule has 3 rings (SSSR count). The maximum Gasteiger partial charge on any atom is 0.119 e. The summed E-state index contributed by atoms with van der Waals surface area (Å²) >= 11 is 0. The molecule has 1 atom stereocenters. The van der Waals surface area contributed by atoms with E-state index in [-0.39, 0.29) is 5.60 Å². The van der Waals surface area contributed by atoms with Crippen molar-refractivity contribution in [1.29, 1.82) is 0 Å². The largest absolute Gasteiger partial charge is 0.491 e. The van der Waals surface area contributed by atoms with Crippen LogP contribution >= 0.6 is 0 Å². The van der Waals surface area contributed by atoms with E-state index in [1.165, 1.54) is 5.56 Å². The zero-order valence-electron chi connectivity index (χ0n) is 13.9. The number of piperidine rings is 1. The second-order valence-electron chi connectivity index (χ2n) is 6.32. The molecule has 0 amide bonds. The molecule has 1 aromatic carbocycles. The van der Waals surface area contributed by atoms with Crippen LogP contribution in [0, 0.1) is 6.92 Å². The summed E-state index contributed by atoms with van der Waals surface area (Å²) in [6, 6.07) is 9.94. The lowest BCUT2D eigenvalue weighted by Crippen LogP contribution is -2.52. The monoisotopic (exact) mass is 315 g/mol. The minimum Gasteiger partial charge on any atom is -0.491 e. The van der Waals surface area contributed by atoms with Crippen LogP contribution in [0.4, 0.5) is 0 Å². The molecule has 1 saturated heterocycles. The molecule has 1 fully saturated rings. The molecule has 1 aliphatic rings. The standard InChI is InChI=1S/C18H25N3O2/c1-15-16(11-19-20-15)12-21-10-6-9-18(13-21,22-2)14-23-17-7-4-3-5-8-17/h3-5,7-8,11H,6,9-10,12-14H2,1-2H3,(H,19,20)/t18-/m0/s1. The summed E-state index contributed by atoms with van der Waals surface area (Å²) in [4.78, 5) is 2.43. The zero-order valence-corrected chi connectivity index (χ0v) is 13.9. The zero-order chi connectivity index (χ0) is 16.1. The fourth-order valence-electron chi connectivity index (χ4n) is 3.18. The molecule has 1 aromatic heterocycles. The number of para-hydroxylation sites is 1. The van der Waals surface area contributed by atoms with E-state index in [9.17, 15) is 0 Å². The molecule has 5 heteroatoms. The number of methoxy groups -OCH3 is 1. The first-order valence-electron chi connectivity index (χ1n) is 8.15. The summed E-state index contributed by atoms with van der Waals surface area (Å²) in [6.07, 6.45) is 4.05. The number of rotatable bonds is 6. The average molecular weight is 315 g/mol. The number of likely N-dealkylation sites (tertiary alicyclic amines) is 1. The highest BCUT2D eigenvalue weighted by molar-refractivity contribution is 5.21. The summed E-state index contributed by atoms with van der Waals surface area (Å²) in [5.41, 5.74) is 2.14. The average Bonchev–Trinajstić information content (AvgIpc) is 2.99. The van der Waals surface area contributed by atoms with E-state index in [1.54, 1.807) is 7.11 Å². The van der Waals surface area contributed by atoms with E-state index < -0.39 is 0 Å². The van der Waals surface area contributed by atoms with Gasteiger partial charge in [0.15, 0.2) is 0 Å². The van der Waals surface area contributed by atoms with E-state index in [0.29, 0.717) is 6.61 Å². The van der Waals surface area contributed by atoms with Crippen LogP contribution in [0.3, 0.4) is 0 Å². The molecule has 5 nitrogen and oxygen atoms in total. The van der Waals surface area contributed by atoms with E-state index in [4.69, 9.17) is 9.47 Å². The van der Waals surface area contributed by atoms with Crippen molar-refractivity contribution in [3.05, 3.63) is 47.8 Å². The molecule has 0 bridgehead atoms. The molecule has 1 aliphatic heterocycles. The van der Waals surface area contributed by atoms with Gasteiger partial charge in [-0.25, -0.2) is 0 Å². The summed E-state index contributed by atoms with van der Waals surface area (Å²) in [5, 5.41) is 7.12. The number of hydrogen-bond acceptors (Lipinski definition) is 4. The molecular formula is C18H25N3O2. The molecule has 2 heterocycles. The summed E-state index contributed by atoms with van der Waals surface area (Å²) in [7, 11) is 1.79. The Hall–Kier alpha value is -1.85. The highest BCUT2D eigenvalue weighted by Gasteiger charge is 2.36. The number of ether oxygens (including phenoxy) is 2. The summed E-state index contributed by atoms with van der Waals surface area (Å²) in [6.45, 7) is 5.50. The third kappa shape index (κ3) is 3.92. The van der Waals surface area contributed by atoms with Crippen LogP contribution in [0.25, 0.3) is 0 Å². The number of aromatic nitrogens is 2. The lowest BCUT2D eigenvalue weighted by atomic mass is 9.93. The van der Waals surface area contributed by atoms with Crippen LogP contribution in [0.1, 0.15) is 24.1 Å². The topological polar surface area (TPSA) is 50.4 Å². The number of hydrogen-bond donors (Lipinski definition) is 1. The fourth-order valence-corrected chi connectivity index (χ4v) is 3.18. The minimum absolute atomic E-state index is 0.244. The van der Waals surface area contributed by atoms with Gasteiger partial charge < -0.3 is 9.47 Å². The van der Waals surface area contributed by atoms with Crippen LogP contribution in [0.2, 0.25) is 0 Å². The van der Waals surface area contributed by atoms with E-state index >= 15 is 0 Å². The van der Waals surface area contributed by atoms with Crippen molar-refractivity contribution in [2.75, 3.05) is 26.8 Å². The smallest absolute Gasteiger partial charge is 0.119 e. The first-order valence-corrected chi connectivity index (χ1v) is 8.15. The SMILES string of the molecule is CO[C@@]1(COc2ccccc2)CCCN(Cc2cn[nH]c2C)C1. The predicted octanol–water partition coefficient (Wildman–Crippen LogP) is 2.78. The van der Waals surface area contributed by atoms with Crippen LogP contribution in [-0.4, -0.2) is 47.5 Å². The third-order valence-corrected chi connectivity index (χ3v) is 4.62. The molecule has 1 N–H and O–H groups in total. The molecular weight excluding hydrogens is 290 g/mol. The number of nitrogens with zero attached hydrogens (tertiary/aromatic N) is 2. The second-order valence-corrected chi connectivity index (χ2v) is 6.32. The Bertz CT molecular complexity index is 614. The first-order chi connectivity index (χ1) is 11.2. The van der Waals surface area contributed by atoms with Crippen molar-refractivity contribution in [3.8, 4) is 5.75 Å². The van der Waals surface area contributed by atoms with Gasteiger partial charge in [0.1, 0.15) is 18.0 Å². The van der Waals surface area contributed by atoms with Crippen LogP contribution in [0.5, 0.6) is 5.75 Å². The van der Waals surface area contributed by atoms with Gasteiger partial charge >= 0.3 is 0 Å². The van der Waals surface area contributed by atoms with Gasteiger partial charge in [-0.15, -0.1) is 0 Å². The van der Waals surface area contributed by atoms with Gasteiger partial charge in [-0.2, -0.15) is 5.10 Å². The van der Waals surface area contributed by atoms with Gasteiger partial charge in [0.25, 0.3) is 0 Å². The van der Waals surface area contributed by atoms with E-state index in [0.717, 1.165) is 43.9 Å². The Morgan fingerprint density at radius 3 is 2.83 bits per heavy atom. The minimum atomic E-state index is -0.244. The van der Waals surface area contributed by atoms with Crippen molar-refractivity contribution in [2.24, 2.45) is 0 Å². The fraction of sp³-hybridized carbons (Fsp3) is 0.500. The predicted molar refractivity (Wildman–Crippen MR) is 89.5 cm³/mol. The lowest BCUT2D eigenvalue weighted by molar-refractivity contribution is -0.0908. The number of H-pyrrole nitrogens is 1. The number of nitrogens with one attached hydrogen (secondary N) is 1. The molecule has 23 heavy (non-hydrogen) atoms. The molecule has 0 spiro atoms. The summed E-state index contributed by atoms with van der Waals surface area (Å²) < 4.78 is 11.9. The van der Waals surface area contributed by atoms with E-state index in [2.05, 4.69) is 22.0 Å². The molecule has 2 aromatic rings. The first kappa shape index (κ1) is 16.0. The Morgan fingerprint density at radius 1 is 1.30 bits per heavy atom. The van der Waals surface area contributed by atoms with Gasteiger partial charge in [0.2, 0.25) is 0 Å². The second kappa shape index (κ2) is 7.15. The van der Waals surface area contributed by atoms with Gasteiger partial charge in [-0.3, -0.25) is 10.00 Å². The Labute approximate surface area is 137 Å². The molecule has 124 valence electrons. The van der Waals surface area contributed by atoms with Gasteiger partial charge in [0, 0.05) is 31.5 Å². The van der Waals surface area contributed by atoms with Crippen LogP contribution in [0.15, 0.2) is 36.5 Å². The maximum atomic E-state index is 5.98.